The van der Waals surface area contributed by atoms with Crippen LogP contribution in [0.5, 0.6) is 0 Å². The maximum absolute atomic E-state index is 11.6. The van der Waals surface area contributed by atoms with E-state index in [0.717, 1.165) is 16.0 Å². The smallest absolute Gasteiger partial charge is 0.331 e. The predicted molar refractivity (Wildman–Crippen MR) is 99.6 cm³/mol. The highest BCUT2D eigenvalue weighted by molar-refractivity contribution is 8.02. The molecule has 0 amide bonds. The lowest BCUT2D eigenvalue weighted by molar-refractivity contribution is -0.138. The summed E-state index contributed by atoms with van der Waals surface area (Å²) in [5.41, 5.74) is 1.95. The van der Waals surface area contributed by atoms with Gasteiger partial charge in [0.05, 0.1) is 4.86 Å². The number of thioether (sulfide) groups is 1. The number of thiocarbonyl (C=S) groups is 1. The normalized spacial score (nSPS) is 10.3. The van der Waals surface area contributed by atoms with Gasteiger partial charge in [-0.1, -0.05) is 66.4 Å². The molecule has 2 aromatic carbocycles. The second-order valence-corrected chi connectivity index (χ2v) is 6.34. The summed E-state index contributed by atoms with van der Waals surface area (Å²) in [7, 11) is 0. The number of carbonyl (C=O) groups is 1. The predicted octanol–water partition coefficient (Wildman–Crippen LogP) is 4.47. The van der Waals surface area contributed by atoms with Gasteiger partial charge in [-0.2, -0.15) is 5.26 Å². The number of nitriles is 1. The van der Waals surface area contributed by atoms with Crippen LogP contribution in [0.25, 0.3) is 0 Å². The molecule has 0 saturated heterocycles. The molecule has 2 aromatic rings. The van der Waals surface area contributed by atoms with Crippen molar-refractivity contribution < 1.29 is 9.53 Å². The maximum Gasteiger partial charge on any atom is 0.331 e. The molecule has 0 bridgehead atoms. The van der Waals surface area contributed by atoms with Gasteiger partial charge in [0.1, 0.15) is 12.7 Å². The fourth-order valence-electron chi connectivity index (χ4n) is 1.86. The van der Waals surface area contributed by atoms with Crippen LogP contribution >= 0.6 is 24.0 Å². The quantitative estimate of drug-likeness (QED) is 0.318. The number of hydrogen-bond donors (Lipinski definition) is 0. The van der Waals surface area contributed by atoms with E-state index in [-0.39, 0.29) is 12.6 Å². The number of ether oxygens (including phenoxy) is 1. The molecule has 24 heavy (non-hydrogen) atoms. The molecule has 0 aliphatic heterocycles. The third kappa shape index (κ3) is 6.37. The Kier molecular flexibility index (Phi) is 7.21. The van der Waals surface area contributed by atoms with Crippen LogP contribution in [0.4, 0.5) is 0 Å². The number of carbonyl (C=O) groups excluding carboxylic acids is 1. The number of benzene rings is 2. The second-order valence-electron chi connectivity index (χ2n) is 4.87. The summed E-state index contributed by atoms with van der Waals surface area (Å²) in [6.45, 7) is 0.266. The molecule has 0 N–H and O–H groups in total. The van der Waals surface area contributed by atoms with Gasteiger partial charge < -0.3 is 4.74 Å². The third-order valence-electron chi connectivity index (χ3n) is 3.04. The van der Waals surface area contributed by atoms with Gasteiger partial charge >= 0.3 is 5.97 Å². The summed E-state index contributed by atoms with van der Waals surface area (Å²) in [5, 5.41) is 10.4. The SMILES string of the molecule is N#CC(=S)Cc1ccc(S/C=C/C(=O)OCc2ccccc2)cc1. The molecule has 0 fully saturated rings. The highest BCUT2D eigenvalue weighted by Gasteiger charge is 2.00. The summed E-state index contributed by atoms with van der Waals surface area (Å²) in [5.74, 6) is -0.373. The molecular formula is C19H15NO2S2. The van der Waals surface area contributed by atoms with E-state index in [4.69, 9.17) is 22.2 Å². The van der Waals surface area contributed by atoms with Crippen molar-refractivity contribution in [2.75, 3.05) is 0 Å². The largest absolute Gasteiger partial charge is 0.458 e. The van der Waals surface area contributed by atoms with Crippen molar-refractivity contribution in [1.29, 1.82) is 5.26 Å². The van der Waals surface area contributed by atoms with E-state index in [0.29, 0.717) is 11.3 Å². The van der Waals surface area contributed by atoms with Gasteiger partial charge in [0.15, 0.2) is 0 Å². The third-order valence-corrected chi connectivity index (χ3v) is 4.10. The zero-order chi connectivity index (χ0) is 17.2. The first kappa shape index (κ1) is 17.9. The Hall–Kier alpha value is -2.42. The highest BCUT2D eigenvalue weighted by Crippen LogP contribution is 2.20. The first-order valence-electron chi connectivity index (χ1n) is 7.23. The topological polar surface area (TPSA) is 50.1 Å². The highest BCUT2D eigenvalue weighted by atomic mass is 32.2. The Morgan fingerprint density at radius 1 is 1.12 bits per heavy atom. The van der Waals surface area contributed by atoms with E-state index in [1.165, 1.54) is 17.8 Å². The van der Waals surface area contributed by atoms with Gasteiger partial charge in [-0.05, 0) is 28.7 Å². The molecule has 0 aliphatic carbocycles. The number of hydrogen-bond acceptors (Lipinski definition) is 5. The fraction of sp³-hybridized carbons (Fsp3) is 0.105. The molecule has 0 saturated carbocycles. The molecule has 0 unspecified atom stereocenters. The van der Waals surface area contributed by atoms with Crippen molar-refractivity contribution in [3.05, 3.63) is 77.2 Å². The van der Waals surface area contributed by atoms with Crippen LogP contribution < -0.4 is 0 Å². The van der Waals surface area contributed by atoms with Crippen molar-refractivity contribution in [3.63, 3.8) is 0 Å². The zero-order valence-corrected chi connectivity index (χ0v) is 14.5. The molecule has 5 heteroatoms. The Morgan fingerprint density at radius 2 is 1.83 bits per heavy atom. The van der Waals surface area contributed by atoms with Crippen molar-refractivity contribution in [2.45, 2.75) is 17.9 Å². The van der Waals surface area contributed by atoms with Crippen LogP contribution in [-0.4, -0.2) is 10.8 Å². The van der Waals surface area contributed by atoms with Crippen molar-refractivity contribution >= 4 is 34.8 Å². The fourth-order valence-corrected chi connectivity index (χ4v) is 2.65. The molecule has 0 spiro atoms. The van der Waals surface area contributed by atoms with Gasteiger partial charge in [-0.15, -0.1) is 0 Å². The lowest BCUT2D eigenvalue weighted by Gasteiger charge is -2.02. The molecule has 120 valence electrons. The van der Waals surface area contributed by atoms with E-state index in [1.54, 1.807) is 5.41 Å². The Morgan fingerprint density at radius 3 is 2.50 bits per heavy atom. The number of esters is 1. The summed E-state index contributed by atoms with van der Waals surface area (Å²) in [4.78, 5) is 13.0. The minimum absolute atomic E-state index is 0.266. The van der Waals surface area contributed by atoms with E-state index in [9.17, 15) is 4.79 Å². The van der Waals surface area contributed by atoms with Crippen molar-refractivity contribution in [1.82, 2.24) is 0 Å². The summed E-state index contributed by atoms with van der Waals surface area (Å²) < 4.78 is 5.16. The van der Waals surface area contributed by atoms with E-state index >= 15 is 0 Å². The molecule has 3 nitrogen and oxygen atoms in total. The summed E-state index contributed by atoms with van der Waals surface area (Å²) >= 11 is 6.32. The zero-order valence-electron chi connectivity index (χ0n) is 12.8. The molecule has 0 radical (unpaired) electrons. The monoisotopic (exact) mass is 353 g/mol. The lowest BCUT2D eigenvalue weighted by atomic mass is 10.1. The van der Waals surface area contributed by atoms with E-state index in [2.05, 4.69) is 0 Å². The van der Waals surface area contributed by atoms with Crippen LogP contribution in [0.2, 0.25) is 0 Å². The van der Waals surface area contributed by atoms with Crippen molar-refractivity contribution in [3.8, 4) is 6.07 Å². The molecule has 2 rings (SSSR count). The van der Waals surface area contributed by atoms with Gasteiger partial charge in [0, 0.05) is 17.4 Å². The Labute approximate surface area is 151 Å². The summed E-state index contributed by atoms with van der Waals surface area (Å²) in [6, 6.07) is 19.2. The maximum atomic E-state index is 11.6. The first-order chi connectivity index (χ1) is 11.7. The first-order valence-corrected chi connectivity index (χ1v) is 8.52. The standard InChI is InChI=1S/C19H15NO2S2/c20-13-17(23)12-15-6-8-18(9-7-15)24-11-10-19(21)22-14-16-4-2-1-3-5-16/h1-11H,12,14H2/b11-10+. The van der Waals surface area contributed by atoms with Crippen LogP contribution in [0.15, 0.2) is 71.0 Å². The Bertz CT molecular complexity index is 762. The average Bonchev–Trinajstić information content (AvgIpc) is 2.62. The minimum atomic E-state index is -0.373. The van der Waals surface area contributed by atoms with Crippen LogP contribution in [0.1, 0.15) is 11.1 Å². The van der Waals surface area contributed by atoms with Gasteiger partial charge in [0.25, 0.3) is 0 Å². The number of nitrogens with zero attached hydrogens (tertiary/aromatic N) is 1. The van der Waals surface area contributed by atoms with Gasteiger partial charge in [-0.3, -0.25) is 0 Å². The van der Waals surface area contributed by atoms with Crippen LogP contribution in [-0.2, 0) is 22.6 Å². The molecule has 0 aromatic heterocycles. The average molecular weight is 353 g/mol. The summed E-state index contributed by atoms with van der Waals surface area (Å²) in [6.07, 6.45) is 1.89. The van der Waals surface area contributed by atoms with Gasteiger partial charge in [-0.25, -0.2) is 4.79 Å². The lowest BCUT2D eigenvalue weighted by Crippen LogP contribution is -2.00. The molecule has 0 aliphatic rings. The van der Waals surface area contributed by atoms with E-state index < -0.39 is 0 Å². The van der Waals surface area contributed by atoms with Gasteiger partial charge in [0.2, 0.25) is 0 Å². The Balaban J connectivity index is 1.77. The van der Waals surface area contributed by atoms with Crippen LogP contribution in [0.3, 0.4) is 0 Å². The van der Waals surface area contributed by atoms with E-state index in [1.807, 2.05) is 60.7 Å². The molecule has 0 atom stereocenters. The minimum Gasteiger partial charge on any atom is -0.458 e. The van der Waals surface area contributed by atoms with Crippen molar-refractivity contribution in [2.24, 2.45) is 0 Å². The number of rotatable bonds is 7. The second kappa shape index (κ2) is 9.66. The van der Waals surface area contributed by atoms with Crippen LogP contribution in [0, 0.1) is 11.3 Å². The molecule has 0 heterocycles. The molecular weight excluding hydrogens is 338 g/mol.